The molecular formula is C21H16Cl2N6OS. The van der Waals surface area contributed by atoms with E-state index >= 15 is 0 Å². The highest BCUT2D eigenvalue weighted by molar-refractivity contribution is 7.99. The number of carbonyl (C=O) groups excluding carboxylic acids is 1. The molecule has 3 aromatic heterocycles. The number of halogens is 2. The first kappa shape index (κ1) is 21.2. The Morgan fingerprint density at radius 3 is 2.68 bits per heavy atom. The minimum Gasteiger partial charge on any atom is -0.310 e. The second kappa shape index (κ2) is 8.63. The zero-order valence-corrected chi connectivity index (χ0v) is 18.9. The first-order chi connectivity index (χ1) is 14.9. The number of carbonyl (C=O) groups is 1. The number of nitrogens with one attached hydrogen (secondary N) is 1. The minimum atomic E-state index is -0.277. The second-order valence-corrected chi connectivity index (χ2v) is 8.52. The van der Waals surface area contributed by atoms with Crippen LogP contribution in [0.15, 0.2) is 47.8 Å². The average Bonchev–Trinajstić information content (AvgIpc) is 3.26. The number of fused-ring (bicyclic) bond motifs is 1. The molecule has 156 valence electrons. The summed E-state index contributed by atoms with van der Waals surface area (Å²) in [6.45, 7) is 3.79. The van der Waals surface area contributed by atoms with Crippen LogP contribution >= 0.6 is 35.0 Å². The van der Waals surface area contributed by atoms with Gasteiger partial charge in [-0.1, -0.05) is 53.2 Å². The van der Waals surface area contributed by atoms with E-state index in [9.17, 15) is 10.1 Å². The molecule has 4 aromatic rings. The van der Waals surface area contributed by atoms with E-state index in [4.69, 9.17) is 23.2 Å². The predicted octanol–water partition coefficient (Wildman–Crippen LogP) is 5.05. The molecule has 3 heterocycles. The van der Waals surface area contributed by atoms with Gasteiger partial charge < -0.3 is 5.32 Å². The summed E-state index contributed by atoms with van der Waals surface area (Å²) in [4.78, 5) is 12.8. The number of benzene rings is 1. The summed E-state index contributed by atoms with van der Waals surface area (Å²) in [7, 11) is 0. The number of pyridine rings is 1. The number of thioether (sulfide) groups is 1. The van der Waals surface area contributed by atoms with Crippen LogP contribution in [0.4, 0.5) is 5.82 Å². The summed E-state index contributed by atoms with van der Waals surface area (Å²) in [5.74, 6) is 0.237. The number of rotatable bonds is 5. The molecule has 0 fully saturated rings. The number of nitrogens with zero attached hydrogens (tertiary/aromatic N) is 5. The topological polar surface area (TPSA) is 88.0 Å². The lowest BCUT2D eigenvalue weighted by molar-refractivity contribution is -0.113. The van der Waals surface area contributed by atoms with Gasteiger partial charge in [0.25, 0.3) is 0 Å². The van der Waals surface area contributed by atoms with Crippen LogP contribution in [0.2, 0.25) is 10.0 Å². The molecule has 0 atom stereocenters. The van der Waals surface area contributed by atoms with Crippen LogP contribution in [0.5, 0.6) is 0 Å². The SMILES string of the molecule is Cc1c(C#N)c(NC(=O)CSc2nnc3c(Cl)cc(Cl)cn23)n(-c2ccccc2)c1C. The van der Waals surface area contributed by atoms with E-state index in [0.717, 1.165) is 16.9 Å². The van der Waals surface area contributed by atoms with Crippen molar-refractivity contribution in [2.24, 2.45) is 0 Å². The molecule has 1 N–H and O–H groups in total. The van der Waals surface area contributed by atoms with Gasteiger partial charge in [-0.25, -0.2) is 0 Å². The molecule has 0 radical (unpaired) electrons. The quantitative estimate of drug-likeness (QED) is 0.412. The van der Waals surface area contributed by atoms with Crippen LogP contribution in [0.1, 0.15) is 16.8 Å². The molecule has 0 saturated heterocycles. The summed E-state index contributed by atoms with van der Waals surface area (Å²) < 4.78 is 3.52. The Morgan fingerprint density at radius 1 is 1.23 bits per heavy atom. The Labute approximate surface area is 192 Å². The molecule has 0 bridgehead atoms. The number of aromatic nitrogens is 4. The highest BCUT2D eigenvalue weighted by Crippen LogP contribution is 2.30. The van der Waals surface area contributed by atoms with Gasteiger partial charge in [0.15, 0.2) is 10.8 Å². The van der Waals surface area contributed by atoms with E-state index in [1.54, 1.807) is 16.7 Å². The second-order valence-electron chi connectivity index (χ2n) is 6.74. The van der Waals surface area contributed by atoms with Crippen molar-refractivity contribution in [2.75, 3.05) is 11.1 Å². The Kier molecular flexibility index (Phi) is 5.92. The molecule has 0 aliphatic rings. The lowest BCUT2D eigenvalue weighted by Gasteiger charge is -2.13. The van der Waals surface area contributed by atoms with Gasteiger partial charge in [-0.05, 0) is 37.6 Å². The maximum atomic E-state index is 12.8. The number of hydrogen-bond donors (Lipinski definition) is 1. The van der Waals surface area contributed by atoms with Crippen molar-refractivity contribution in [2.45, 2.75) is 19.0 Å². The molecule has 0 spiro atoms. The molecule has 0 saturated carbocycles. The fraction of sp³-hybridized carbons (Fsp3) is 0.143. The average molecular weight is 471 g/mol. The fourth-order valence-electron chi connectivity index (χ4n) is 3.26. The van der Waals surface area contributed by atoms with E-state index in [2.05, 4.69) is 21.6 Å². The van der Waals surface area contributed by atoms with Crippen LogP contribution in [0.3, 0.4) is 0 Å². The van der Waals surface area contributed by atoms with Crippen molar-refractivity contribution >= 4 is 52.3 Å². The maximum absolute atomic E-state index is 12.8. The summed E-state index contributed by atoms with van der Waals surface area (Å²) in [5.41, 5.74) is 3.47. The number of para-hydroxylation sites is 1. The number of hydrogen-bond acceptors (Lipinski definition) is 5. The molecule has 0 aliphatic carbocycles. The fourth-order valence-corrected chi connectivity index (χ4v) is 4.48. The third-order valence-electron chi connectivity index (χ3n) is 4.83. The third-order valence-corrected chi connectivity index (χ3v) is 6.25. The lowest BCUT2D eigenvalue weighted by Crippen LogP contribution is -2.18. The van der Waals surface area contributed by atoms with Crippen LogP contribution in [-0.4, -0.2) is 30.8 Å². The Bertz CT molecular complexity index is 1340. The molecule has 1 amide bonds. The summed E-state index contributed by atoms with van der Waals surface area (Å²) in [6, 6.07) is 13.4. The summed E-state index contributed by atoms with van der Waals surface area (Å²) in [6.07, 6.45) is 1.64. The molecule has 10 heteroatoms. The zero-order valence-electron chi connectivity index (χ0n) is 16.6. The van der Waals surface area contributed by atoms with Gasteiger partial charge in [0.2, 0.25) is 5.91 Å². The van der Waals surface area contributed by atoms with Gasteiger partial charge in [-0.3, -0.25) is 13.8 Å². The van der Waals surface area contributed by atoms with Crippen molar-refractivity contribution < 1.29 is 4.79 Å². The minimum absolute atomic E-state index is 0.0634. The zero-order chi connectivity index (χ0) is 22.1. The molecule has 0 aliphatic heterocycles. The Balaban J connectivity index is 1.60. The van der Waals surface area contributed by atoms with Crippen LogP contribution in [0.25, 0.3) is 11.3 Å². The molecule has 4 rings (SSSR count). The van der Waals surface area contributed by atoms with Gasteiger partial charge in [-0.2, -0.15) is 5.26 Å². The van der Waals surface area contributed by atoms with Gasteiger partial charge in [0.1, 0.15) is 11.9 Å². The van der Waals surface area contributed by atoms with E-state index in [1.807, 2.05) is 48.7 Å². The van der Waals surface area contributed by atoms with Gasteiger partial charge >= 0.3 is 0 Å². The number of nitriles is 1. The first-order valence-electron chi connectivity index (χ1n) is 9.20. The largest absolute Gasteiger partial charge is 0.310 e. The van der Waals surface area contributed by atoms with Crippen LogP contribution in [-0.2, 0) is 4.79 Å². The smallest absolute Gasteiger partial charge is 0.236 e. The summed E-state index contributed by atoms with van der Waals surface area (Å²) in [5, 5.41) is 22.0. The van der Waals surface area contributed by atoms with E-state index in [-0.39, 0.29) is 11.7 Å². The van der Waals surface area contributed by atoms with Gasteiger partial charge in [0, 0.05) is 17.6 Å². The van der Waals surface area contributed by atoms with Crippen molar-refractivity contribution in [1.82, 2.24) is 19.2 Å². The first-order valence-corrected chi connectivity index (χ1v) is 10.9. The van der Waals surface area contributed by atoms with Crippen molar-refractivity contribution in [1.29, 1.82) is 5.26 Å². The maximum Gasteiger partial charge on any atom is 0.236 e. The van der Waals surface area contributed by atoms with Crippen LogP contribution < -0.4 is 5.32 Å². The van der Waals surface area contributed by atoms with Gasteiger partial charge in [0.05, 0.1) is 21.4 Å². The highest BCUT2D eigenvalue weighted by atomic mass is 35.5. The third kappa shape index (κ3) is 4.00. The monoisotopic (exact) mass is 470 g/mol. The normalized spacial score (nSPS) is 10.9. The van der Waals surface area contributed by atoms with Crippen molar-refractivity contribution in [3.63, 3.8) is 0 Å². The van der Waals surface area contributed by atoms with Crippen molar-refractivity contribution in [3.8, 4) is 11.8 Å². The lowest BCUT2D eigenvalue weighted by atomic mass is 10.2. The number of anilines is 1. The standard InChI is InChI=1S/C21H16Cl2N6OS/c1-12-13(2)29(15-6-4-3-5-7-15)19(16(12)9-24)25-18(30)11-31-21-27-26-20-17(23)8-14(22)10-28(20)21/h3-8,10H,11H2,1-2H3,(H,25,30). The molecule has 0 unspecified atom stereocenters. The van der Waals surface area contributed by atoms with E-state index in [1.165, 1.54) is 11.8 Å². The van der Waals surface area contributed by atoms with Crippen LogP contribution in [0, 0.1) is 25.2 Å². The van der Waals surface area contributed by atoms with E-state index in [0.29, 0.717) is 32.2 Å². The Hall–Kier alpha value is -2.99. The molecule has 1 aromatic carbocycles. The van der Waals surface area contributed by atoms with E-state index < -0.39 is 0 Å². The highest BCUT2D eigenvalue weighted by Gasteiger charge is 2.21. The molecule has 31 heavy (non-hydrogen) atoms. The predicted molar refractivity (Wildman–Crippen MR) is 122 cm³/mol. The molecular weight excluding hydrogens is 455 g/mol. The molecule has 7 nitrogen and oxygen atoms in total. The van der Waals surface area contributed by atoms with Gasteiger partial charge in [-0.15, -0.1) is 10.2 Å². The Morgan fingerprint density at radius 2 is 1.97 bits per heavy atom. The van der Waals surface area contributed by atoms with Crippen molar-refractivity contribution in [3.05, 3.63) is 69.5 Å². The number of amides is 1. The summed E-state index contributed by atoms with van der Waals surface area (Å²) >= 11 is 13.4.